The zero-order valence-corrected chi connectivity index (χ0v) is 13.1. The first-order chi connectivity index (χ1) is 9.45. The standard InChI is InChI=1S/C14H13Cl2NO2S/c1-2-17(13-5-3-4-12(16)10-13)20(18,19)14-8-6-11(15)7-9-14/h3-10H,2H2,1H3. The number of benzene rings is 2. The fraction of sp³-hybridized carbons (Fsp3) is 0.143. The maximum absolute atomic E-state index is 12.6. The van der Waals surface area contributed by atoms with Crippen molar-refractivity contribution in [2.45, 2.75) is 11.8 Å². The molecule has 2 aromatic rings. The molecule has 106 valence electrons. The van der Waals surface area contributed by atoms with E-state index in [1.165, 1.54) is 16.4 Å². The van der Waals surface area contributed by atoms with Crippen LogP contribution < -0.4 is 4.31 Å². The highest BCUT2D eigenvalue weighted by Gasteiger charge is 2.23. The van der Waals surface area contributed by atoms with Crippen LogP contribution in [0.3, 0.4) is 0 Å². The van der Waals surface area contributed by atoms with E-state index in [1.54, 1.807) is 43.3 Å². The van der Waals surface area contributed by atoms with Crippen LogP contribution in [0.15, 0.2) is 53.4 Å². The van der Waals surface area contributed by atoms with Gasteiger partial charge in [-0.3, -0.25) is 4.31 Å². The molecule has 0 saturated heterocycles. The Hall–Kier alpha value is -1.23. The molecule has 3 nitrogen and oxygen atoms in total. The molecule has 0 saturated carbocycles. The first kappa shape index (κ1) is 15.2. The highest BCUT2D eigenvalue weighted by atomic mass is 35.5. The van der Waals surface area contributed by atoms with Gasteiger partial charge in [-0.2, -0.15) is 0 Å². The molecule has 2 rings (SSSR count). The lowest BCUT2D eigenvalue weighted by molar-refractivity contribution is 0.592. The van der Waals surface area contributed by atoms with Gasteiger partial charge >= 0.3 is 0 Å². The number of halogens is 2. The molecule has 0 N–H and O–H groups in total. The number of nitrogens with zero attached hydrogens (tertiary/aromatic N) is 1. The van der Waals surface area contributed by atoms with E-state index in [1.807, 2.05) is 0 Å². The van der Waals surface area contributed by atoms with Crippen molar-refractivity contribution in [3.63, 3.8) is 0 Å². The lowest BCUT2D eigenvalue weighted by Crippen LogP contribution is -2.30. The van der Waals surface area contributed by atoms with E-state index in [9.17, 15) is 8.42 Å². The summed E-state index contributed by atoms with van der Waals surface area (Å²) < 4.78 is 26.6. The minimum atomic E-state index is -3.62. The molecule has 0 aliphatic rings. The molecule has 2 aromatic carbocycles. The highest BCUT2D eigenvalue weighted by Crippen LogP contribution is 2.26. The number of hydrogen-bond donors (Lipinski definition) is 0. The van der Waals surface area contributed by atoms with Gasteiger partial charge in [0, 0.05) is 16.6 Å². The van der Waals surface area contributed by atoms with Gasteiger partial charge in [-0.1, -0.05) is 29.3 Å². The van der Waals surface area contributed by atoms with Gasteiger partial charge in [0.1, 0.15) is 0 Å². The zero-order valence-electron chi connectivity index (χ0n) is 10.8. The van der Waals surface area contributed by atoms with Gasteiger partial charge in [-0.15, -0.1) is 0 Å². The van der Waals surface area contributed by atoms with Crippen LogP contribution in [0, 0.1) is 0 Å². The van der Waals surface area contributed by atoms with Gasteiger partial charge in [0.2, 0.25) is 0 Å². The maximum atomic E-state index is 12.6. The summed E-state index contributed by atoms with van der Waals surface area (Å²) in [6, 6.07) is 12.9. The Morgan fingerprint density at radius 1 is 1.00 bits per heavy atom. The summed E-state index contributed by atoms with van der Waals surface area (Å²) in [6.45, 7) is 2.08. The van der Waals surface area contributed by atoms with Gasteiger partial charge in [-0.25, -0.2) is 8.42 Å². The summed E-state index contributed by atoms with van der Waals surface area (Å²) in [5.74, 6) is 0. The van der Waals surface area contributed by atoms with Crippen molar-refractivity contribution in [3.05, 3.63) is 58.6 Å². The van der Waals surface area contributed by atoms with Crippen molar-refractivity contribution in [3.8, 4) is 0 Å². The smallest absolute Gasteiger partial charge is 0.264 e. The van der Waals surface area contributed by atoms with Crippen LogP contribution >= 0.6 is 23.2 Å². The SMILES string of the molecule is CCN(c1cccc(Cl)c1)S(=O)(=O)c1ccc(Cl)cc1. The summed E-state index contributed by atoms with van der Waals surface area (Å²) in [4.78, 5) is 0.198. The minimum absolute atomic E-state index is 0.198. The quantitative estimate of drug-likeness (QED) is 0.842. The van der Waals surface area contributed by atoms with E-state index in [0.717, 1.165) is 0 Å². The predicted molar refractivity (Wildman–Crippen MR) is 83.1 cm³/mol. The second-order valence-electron chi connectivity index (χ2n) is 4.10. The minimum Gasteiger partial charge on any atom is -0.267 e. The van der Waals surface area contributed by atoms with Gasteiger partial charge in [-0.05, 0) is 49.4 Å². The molecule has 0 unspecified atom stereocenters. The van der Waals surface area contributed by atoms with Crippen molar-refractivity contribution >= 4 is 38.9 Å². The Balaban J connectivity index is 2.47. The topological polar surface area (TPSA) is 37.4 Å². The summed E-state index contributed by atoms with van der Waals surface area (Å²) in [5, 5.41) is 0.988. The lowest BCUT2D eigenvalue weighted by atomic mass is 10.3. The molecule has 6 heteroatoms. The average molecular weight is 330 g/mol. The maximum Gasteiger partial charge on any atom is 0.264 e. The molecule has 20 heavy (non-hydrogen) atoms. The Morgan fingerprint density at radius 3 is 2.20 bits per heavy atom. The van der Waals surface area contributed by atoms with Gasteiger partial charge in [0.25, 0.3) is 10.0 Å². The molecule has 0 radical (unpaired) electrons. The number of rotatable bonds is 4. The zero-order chi connectivity index (χ0) is 14.8. The molecule has 0 heterocycles. The fourth-order valence-corrected chi connectivity index (χ4v) is 3.63. The van der Waals surface area contributed by atoms with E-state index in [2.05, 4.69) is 0 Å². The normalized spacial score (nSPS) is 11.3. The summed E-state index contributed by atoms with van der Waals surface area (Å²) >= 11 is 11.7. The molecule has 0 bridgehead atoms. The second kappa shape index (κ2) is 6.04. The fourth-order valence-electron chi connectivity index (χ4n) is 1.86. The Labute approximate surface area is 128 Å². The van der Waals surface area contributed by atoms with Crippen LogP contribution in [-0.4, -0.2) is 15.0 Å². The molecule has 0 aliphatic carbocycles. The average Bonchev–Trinajstić information content (AvgIpc) is 2.40. The van der Waals surface area contributed by atoms with Gasteiger partial charge < -0.3 is 0 Å². The van der Waals surface area contributed by atoms with E-state index < -0.39 is 10.0 Å². The summed E-state index contributed by atoms with van der Waals surface area (Å²) in [7, 11) is -3.62. The molecule has 0 aromatic heterocycles. The molecule has 0 spiro atoms. The Bertz CT molecular complexity index is 699. The molecule has 0 aliphatic heterocycles. The molecule has 0 fully saturated rings. The lowest BCUT2D eigenvalue weighted by Gasteiger charge is -2.23. The highest BCUT2D eigenvalue weighted by molar-refractivity contribution is 7.92. The Morgan fingerprint density at radius 2 is 1.65 bits per heavy atom. The molecule has 0 amide bonds. The van der Waals surface area contributed by atoms with Crippen molar-refractivity contribution < 1.29 is 8.42 Å². The van der Waals surface area contributed by atoms with Crippen molar-refractivity contribution in [1.29, 1.82) is 0 Å². The third-order valence-electron chi connectivity index (χ3n) is 2.79. The van der Waals surface area contributed by atoms with Crippen LogP contribution in [0.2, 0.25) is 10.0 Å². The van der Waals surface area contributed by atoms with Gasteiger partial charge in [0.15, 0.2) is 0 Å². The third kappa shape index (κ3) is 3.08. The van der Waals surface area contributed by atoms with Crippen LogP contribution in [0.25, 0.3) is 0 Å². The van der Waals surface area contributed by atoms with Crippen molar-refractivity contribution in [1.82, 2.24) is 0 Å². The molecular weight excluding hydrogens is 317 g/mol. The summed E-state index contributed by atoms with van der Waals surface area (Å²) in [5.41, 5.74) is 0.537. The Kier molecular flexibility index (Phi) is 4.58. The van der Waals surface area contributed by atoms with E-state index in [-0.39, 0.29) is 4.90 Å². The van der Waals surface area contributed by atoms with Crippen molar-refractivity contribution in [2.75, 3.05) is 10.8 Å². The van der Waals surface area contributed by atoms with Crippen LogP contribution in [-0.2, 0) is 10.0 Å². The van der Waals surface area contributed by atoms with E-state index in [0.29, 0.717) is 22.3 Å². The second-order valence-corrected chi connectivity index (χ2v) is 6.84. The van der Waals surface area contributed by atoms with Crippen molar-refractivity contribution in [2.24, 2.45) is 0 Å². The number of sulfonamides is 1. The van der Waals surface area contributed by atoms with Gasteiger partial charge in [0.05, 0.1) is 10.6 Å². The monoisotopic (exact) mass is 329 g/mol. The van der Waals surface area contributed by atoms with Crippen LogP contribution in [0.1, 0.15) is 6.92 Å². The molecule has 0 atom stereocenters. The van der Waals surface area contributed by atoms with E-state index in [4.69, 9.17) is 23.2 Å². The van der Waals surface area contributed by atoms with Crippen LogP contribution in [0.4, 0.5) is 5.69 Å². The largest absolute Gasteiger partial charge is 0.267 e. The summed E-state index contributed by atoms with van der Waals surface area (Å²) in [6.07, 6.45) is 0. The first-order valence-corrected chi connectivity index (χ1v) is 8.18. The third-order valence-corrected chi connectivity index (χ3v) is 5.19. The van der Waals surface area contributed by atoms with Crippen LogP contribution in [0.5, 0.6) is 0 Å². The predicted octanol–water partition coefficient (Wildman–Crippen LogP) is 4.21. The first-order valence-electron chi connectivity index (χ1n) is 5.99. The molecular formula is C14H13Cl2NO2S. The number of anilines is 1. The van der Waals surface area contributed by atoms with E-state index >= 15 is 0 Å². The number of hydrogen-bond acceptors (Lipinski definition) is 2.